The van der Waals surface area contributed by atoms with Crippen molar-refractivity contribution in [2.24, 2.45) is 0 Å². The molecule has 6 heteroatoms. The first-order valence-corrected chi connectivity index (χ1v) is 10.0. The van der Waals surface area contributed by atoms with Gasteiger partial charge in [-0.15, -0.1) is 0 Å². The lowest BCUT2D eigenvalue weighted by molar-refractivity contribution is 0.0750. The Kier molecular flexibility index (Phi) is 5.89. The zero-order chi connectivity index (χ0) is 20.1. The maximum atomic E-state index is 13.3. The van der Waals surface area contributed by atoms with Crippen LogP contribution in [0.1, 0.15) is 41.7 Å². The molecule has 150 valence electrons. The second-order valence-electron chi connectivity index (χ2n) is 7.24. The second kappa shape index (κ2) is 8.90. The topological polar surface area (TPSA) is 47.4 Å². The van der Waals surface area contributed by atoms with Gasteiger partial charge in [0.1, 0.15) is 12.4 Å². The quantitative estimate of drug-likeness (QED) is 0.636. The summed E-state index contributed by atoms with van der Waals surface area (Å²) < 4.78 is 20.9. The summed E-state index contributed by atoms with van der Waals surface area (Å²) in [5.41, 5.74) is 1.98. The number of hydrogen-bond acceptors (Lipinski definition) is 3. The van der Waals surface area contributed by atoms with Crippen molar-refractivity contribution in [2.75, 3.05) is 13.1 Å². The Morgan fingerprint density at radius 1 is 0.966 bits per heavy atom. The van der Waals surface area contributed by atoms with Gasteiger partial charge in [-0.3, -0.25) is 4.79 Å². The minimum Gasteiger partial charge on any atom is -0.485 e. The normalized spacial score (nSPS) is 14.4. The standard InChI is InChI=1S/C23H24FN3O2/c24-19-10-12-20(13-11-19)27-16-21(29-17-18-8-4-3-5-9-18)22(25-27)23(28)26-14-6-1-2-7-15-26/h3-5,8-13,16H,1-2,6-7,14-15,17H2. The lowest BCUT2D eigenvalue weighted by atomic mass is 10.2. The maximum absolute atomic E-state index is 13.3. The molecule has 2 heterocycles. The Balaban J connectivity index is 1.63. The number of carbonyl (C=O) groups excluding carboxylic acids is 1. The van der Waals surface area contributed by atoms with Gasteiger partial charge in [-0.05, 0) is 42.7 Å². The van der Waals surface area contributed by atoms with E-state index in [-0.39, 0.29) is 11.7 Å². The van der Waals surface area contributed by atoms with E-state index in [2.05, 4.69) is 5.10 Å². The van der Waals surface area contributed by atoms with Crippen LogP contribution in [0.5, 0.6) is 5.75 Å². The van der Waals surface area contributed by atoms with Crippen molar-refractivity contribution in [3.63, 3.8) is 0 Å². The van der Waals surface area contributed by atoms with Crippen LogP contribution < -0.4 is 4.74 Å². The predicted octanol–water partition coefficient (Wildman–Crippen LogP) is 4.61. The van der Waals surface area contributed by atoms with Gasteiger partial charge in [-0.25, -0.2) is 9.07 Å². The van der Waals surface area contributed by atoms with Crippen LogP contribution in [0.2, 0.25) is 0 Å². The van der Waals surface area contributed by atoms with E-state index in [4.69, 9.17) is 4.74 Å². The largest absolute Gasteiger partial charge is 0.485 e. The van der Waals surface area contributed by atoms with Crippen LogP contribution in [-0.2, 0) is 6.61 Å². The van der Waals surface area contributed by atoms with E-state index < -0.39 is 0 Å². The Hall–Kier alpha value is -3.15. The van der Waals surface area contributed by atoms with E-state index in [0.29, 0.717) is 23.7 Å². The van der Waals surface area contributed by atoms with Gasteiger partial charge in [-0.1, -0.05) is 43.2 Å². The number of amides is 1. The molecule has 0 bridgehead atoms. The molecule has 0 spiro atoms. The third kappa shape index (κ3) is 4.65. The highest BCUT2D eigenvalue weighted by Gasteiger charge is 2.25. The first-order valence-electron chi connectivity index (χ1n) is 10.0. The van der Waals surface area contributed by atoms with Gasteiger partial charge in [0.2, 0.25) is 0 Å². The van der Waals surface area contributed by atoms with Gasteiger partial charge in [0.25, 0.3) is 5.91 Å². The fraction of sp³-hybridized carbons (Fsp3) is 0.304. The highest BCUT2D eigenvalue weighted by Crippen LogP contribution is 2.24. The highest BCUT2D eigenvalue weighted by atomic mass is 19.1. The molecule has 1 fully saturated rings. The van der Waals surface area contributed by atoms with Gasteiger partial charge in [0.15, 0.2) is 11.4 Å². The van der Waals surface area contributed by atoms with E-state index in [1.165, 1.54) is 12.1 Å². The van der Waals surface area contributed by atoms with Crippen LogP contribution in [0.4, 0.5) is 4.39 Å². The van der Waals surface area contributed by atoms with Crippen molar-refractivity contribution in [3.8, 4) is 11.4 Å². The monoisotopic (exact) mass is 393 g/mol. The van der Waals surface area contributed by atoms with Crippen molar-refractivity contribution in [3.05, 3.63) is 77.9 Å². The Morgan fingerprint density at radius 2 is 1.66 bits per heavy atom. The number of rotatable bonds is 5. The number of likely N-dealkylation sites (tertiary alicyclic amines) is 1. The molecular weight excluding hydrogens is 369 g/mol. The fourth-order valence-corrected chi connectivity index (χ4v) is 3.50. The SMILES string of the molecule is O=C(c1nn(-c2ccc(F)cc2)cc1OCc1ccccc1)N1CCCCCC1. The molecule has 1 aliphatic heterocycles. The molecule has 0 aliphatic carbocycles. The van der Waals surface area contributed by atoms with Crippen LogP contribution >= 0.6 is 0 Å². The Morgan fingerprint density at radius 3 is 2.34 bits per heavy atom. The number of halogens is 1. The molecule has 1 saturated heterocycles. The van der Waals surface area contributed by atoms with E-state index >= 15 is 0 Å². The van der Waals surface area contributed by atoms with Crippen LogP contribution in [0.3, 0.4) is 0 Å². The predicted molar refractivity (Wildman–Crippen MR) is 109 cm³/mol. The number of ether oxygens (including phenoxy) is 1. The highest BCUT2D eigenvalue weighted by molar-refractivity contribution is 5.95. The zero-order valence-electron chi connectivity index (χ0n) is 16.3. The Labute approximate surface area is 169 Å². The summed E-state index contributed by atoms with van der Waals surface area (Å²) in [7, 11) is 0. The first-order chi connectivity index (χ1) is 14.2. The number of hydrogen-bond donors (Lipinski definition) is 0. The van der Waals surface area contributed by atoms with E-state index in [1.54, 1.807) is 23.0 Å². The smallest absolute Gasteiger partial charge is 0.278 e. The molecule has 1 amide bonds. The fourth-order valence-electron chi connectivity index (χ4n) is 3.50. The molecule has 2 aromatic carbocycles. The molecule has 0 radical (unpaired) electrons. The van der Waals surface area contributed by atoms with E-state index in [9.17, 15) is 9.18 Å². The third-order valence-corrected chi connectivity index (χ3v) is 5.10. The van der Waals surface area contributed by atoms with E-state index in [1.807, 2.05) is 35.2 Å². The molecule has 4 rings (SSSR count). The summed E-state index contributed by atoms with van der Waals surface area (Å²) >= 11 is 0. The van der Waals surface area contributed by atoms with Crippen molar-refractivity contribution < 1.29 is 13.9 Å². The number of carbonyl (C=O) groups is 1. The average Bonchev–Trinajstić information content (AvgIpc) is 2.98. The summed E-state index contributed by atoms with van der Waals surface area (Å²) in [4.78, 5) is 15.1. The molecule has 0 saturated carbocycles. The van der Waals surface area contributed by atoms with Crippen LogP contribution in [0.25, 0.3) is 5.69 Å². The molecule has 0 unspecified atom stereocenters. The third-order valence-electron chi connectivity index (χ3n) is 5.10. The zero-order valence-corrected chi connectivity index (χ0v) is 16.3. The number of nitrogens with zero attached hydrogens (tertiary/aromatic N) is 3. The molecule has 1 aliphatic rings. The minimum atomic E-state index is -0.317. The van der Waals surface area contributed by atoms with Gasteiger partial charge in [0.05, 0.1) is 11.9 Å². The van der Waals surface area contributed by atoms with Crippen LogP contribution in [0.15, 0.2) is 60.8 Å². The molecule has 5 nitrogen and oxygen atoms in total. The first kappa shape index (κ1) is 19.2. The van der Waals surface area contributed by atoms with Gasteiger partial charge < -0.3 is 9.64 Å². The number of aromatic nitrogens is 2. The van der Waals surface area contributed by atoms with Gasteiger partial charge in [-0.2, -0.15) is 5.10 Å². The lowest BCUT2D eigenvalue weighted by Gasteiger charge is -2.19. The average molecular weight is 393 g/mol. The van der Waals surface area contributed by atoms with Crippen molar-refractivity contribution in [1.82, 2.24) is 14.7 Å². The summed E-state index contributed by atoms with van der Waals surface area (Å²) in [5, 5.41) is 4.51. The van der Waals surface area contributed by atoms with Crippen molar-refractivity contribution >= 4 is 5.91 Å². The molecule has 0 atom stereocenters. The summed E-state index contributed by atoms with van der Waals surface area (Å²) in [6, 6.07) is 15.8. The minimum absolute atomic E-state index is 0.115. The Bertz CT molecular complexity index is 946. The van der Waals surface area contributed by atoms with Crippen molar-refractivity contribution in [1.29, 1.82) is 0 Å². The van der Waals surface area contributed by atoms with Gasteiger partial charge >= 0.3 is 0 Å². The molecular formula is C23H24FN3O2. The van der Waals surface area contributed by atoms with E-state index in [0.717, 1.165) is 44.3 Å². The summed E-state index contributed by atoms with van der Waals surface area (Å²) in [6.07, 6.45) is 5.99. The summed E-state index contributed by atoms with van der Waals surface area (Å²) in [5.74, 6) is 0.00516. The molecule has 0 N–H and O–H groups in total. The second-order valence-corrected chi connectivity index (χ2v) is 7.24. The summed E-state index contributed by atoms with van der Waals surface area (Å²) in [6.45, 7) is 1.82. The molecule has 29 heavy (non-hydrogen) atoms. The molecule has 1 aromatic heterocycles. The molecule has 3 aromatic rings. The van der Waals surface area contributed by atoms with Crippen LogP contribution in [-0.4, -0.2) is 33.7 Å². The van der Waals surface area contributed by atoms with Crippen LogP contribution in [0, 0.1) is 5.82 Å². The maximum Gasteiger partial charge on any atom is 0.278 e. The van der Waals surface area contributed by atoms with Crippen molar-refractivity contribution in [2.45, 2.75) is 32.3 Å². The lowest BCUT2D eigenvalue weighted by Crippen LogP contribution is -2.32. The number of benzene rings is 2. The van der Waals surface area contributed by atoms with Gasteiger partial charge in [0, 0.05) is 13.1 Å².